The summed E-state index contributed by atoms with van der Waals surface area (Å²) in [5.74, 6) is 0.269. The van der Waals surface area contributed by atoms with Crippen molar-refractivity contribution in [3.63, 3.8) is 0 Å². The first-order valence-corrected chi connectivity index (χ1v) is 7.90. The predicted octanol–water partition coefficient (Wildman–Crippen LogP) is -0.688. The minimum Gasteiger partial charge on any atom is -0.314 e. The second-order valence-electron chi connectivity index (χ2n) is 5.38. The standard InChI is InChI=1S/C11H26N4O2S/c1-10(2)11(9-14(3)4)13-18(16,17)15-7-5-12-6-8-15/h10-13H,5-9H2,1-4H3. The van der Waals surface area contributed by atoms with Crippen molar-refractivity contribution in [1.29, 1.82) is 0 Å². The molecule has 0 aromatic carbocycles. The van der Waals surface area contributed by atoms with Gasteiger partial charge in [-0.1, -0.05) is 13.8 Å². The Labute approximate surface area is 111 Å². The fourth-order valence-electron chi connectivity index (χ4n) is 1.93. The predicted molar refractivity (Wildman–Crippen MR) is 73.7 cm³/mol. The minimum atomic E-state index is -3.36. The molecule has 1 atom stereocenters. The van der Waals surface area contributed by atoms with E-state index in [9.17, 15) is 8.42 Å². The number of likely N-dealkylation sites (N-methyl/N-ethyl adjacent to an activating group) is 1. The first-order valence-electron chi connectivity index (χ1n) is 6.46. The van der Waals surface area contributed by atoms with Gasteiger partial charge in [-0.25, -0.2) is 0 Å². The third-order valence-electron chi connectivity index (χ3n) is 3.08. The van der Waals surface area contributed by atoms with Gasteiger partial charge in [0.1, 0.15) is 0 Å². The average Bonchev–Trinajstić information content (AvgIpc) is 2.28. The molecule has 1 aliphatic rings. The molecule has 18 heavy (non-hydrogen) atoms. The molecule has 0 amide bonds. The Morgan fingerprint density at radius 3 is 2.28 bits per heavy atom. The van der Waals surface area contributed by atoms with Crippen molar-refractivity contribution in [3.8, 4) is 0 Å². The monoisotopic (exact) mass is 278 g/mol. The molecule has 0 aromatic rings. The lowest BCUT2D eigenvalue weighted by Gasteiger charge is -2.31. The van der Waals surface area contributed by atoms with E-state index in [2.05, 4.69) is 10.0 Å². The molecule has 1 saturated heterocycles. The molecule has 1 aliphatic heterocycles. The molecule has 0 saturated carbocycles. The van der Waals surface area contributed by atoms with E-state index in [4.69, 9.17) is 0 Å². The molecule has 108 valence electrons. The minimum absolute atomic E-state index is 0.0557. The van der Waals surface area contributed by atoms with Crippen LogP contribution >= 0.6 is 0 Å². The summed E-state index contributed by atoms with van der Waals surface area (Å²) in [6.07, 6.45) is 0. The highest BCUT2D eigenvalue weighted by atomic mass is 32.2. The lowest BCUT2D eigenvalue weighted by molar-refractivity contribution is 0.300. The maximum atomic E-state index is 12.3. The molecular weight excluding hydrogens is 252 g/mol. The molecule has 0 radical (unpaired) electrons. The Morgan fingerprint density at radius 1 is 1.28 bits per heavy atom. The van der Waals surface area contributed by atoms with Crippen LogP contribution in [0.15, 0.2) is 0 Å². The lowest BCUT2D eigenvalue weighted by atomic mass is 10.1. The summed E-state index contributed by atoms with van der Waals surface area (Å²) in [6, 6.07) is -0.0557. The summed E-state index contributed by atoms with van der Waals surface area (Å²) in [7, 11) is 0.549. The number of nitrogens with zero attached hydrogens (tertiary/aromatic N) is 2. The maximum absolute atomic E-state index is 12.3. The highest BCUT2D eigenvalue weighted by molar-refractivity contribution is 7.87. The molecule has 1 fully saturated rings. The molecule has 0 bridgehead atoms. The van der Waals surface area contributed by atoms with E-state index < -0.39 is 10.2 Å². The quantitative estimate of drug-likeness (QED) is 0.675. The van der Waals surface area contributed by atoms with Crippen LogP contribution in [-0.4, -0.2) is 70.5 Å². The van der Waals surface area contributed by atoms with Gasteiger partial charge >= 0.3 is 0 Å². The van der Waals surface area contributed by atoms with E-state index in [1.165, 1.54) is 4.31 Å². The van der Waals surface area contributed by atoms with Crippen LogP contribution in [0.4, 0.5) is 0 Å². The van der Waals surface area contributed by atoms with E-state index >= 15 is 0 Å². The third-order valence-corrected chi connectivity index (χ3v) is 4.73. The van der Waals surface area contributed by atoms with Crippen LogP contribution in [0, 0.1) is 5.92 Å². The summed E-state index contributed by atoms with van der Waals surface area (Å²) < 4.78 is 28.8. The third kappa shape index (κ3) is 4.81. The molecule has 0 spiro atoms. The van der Waals surface area contributed by atoms with E-state index in [1.807, 2.05) is 32.8 Å². The van der Waals surface area contributed by atoms with Gasteiger partial charge in [-0.15, -0.1) is 0 Å². The van der Waals surface area contributed by atoms with Crippen molar-refractivity contribution in [2.45, 2.75) is 19.9 Å². The Bertz CT molecular complexity index is 337. The Hall–Kier alpha value is -0.210. The largest absolute Gasteiger partial charge is 0.314 e. The highest BCUT2D eigenvalue weighted by Crippen LogP contribution is 2.08. The smallest absolute Gasteiger partial charge is 0.279 e. The van der Waals surface area contributed by atoms with Crippen LogP contribution in [0.5, 0.6) is 0 Å². The van der Waals surface area contributed by atoms with Crippen LogP contribution in [0.25, 0.3) is 0 Å². The fraction of sp³-hybridized carbons (Fsp3) is 1.00. The van der Waals surface area contributed by atoms with Crippen molar-refractivity contribution in [1.82, 2.24) is 19.2 Å². The summed E-state index contributed by atoms with van der Waals surface area (Å²) in [6.45, 7) is 7.32. The van der Waals surface area contributed by atoms with Gasteiger partial charge in [0.15, 0.2) is 0 Å². The molecule has 6 nitrogen and oxygen atoms in total. The zero-order chi connectivity index (χ0) is 13.8. The lowest BCUT2D eigenvalue weighted by Crippen LogP contribution is -2.54. The van der Waals surface area contributed by atoms with Crippen molar-refractivity contribution < 1.29 is 8.42 Å². The van der Waals surface area contributed by atoms with Crippen LogP contribution in [0.2, 0.25) is 0 Å². The molecule has 1 rings (SSSR count). The first kappa shape index (κ1) is 15.8. The molecule has 7 heteroatoms. The molecular formula is C11H26N4O2S. The second kappa shape index (κ2) is 6.81. The van der Waals surface area contributed by atoms with Crippen molar-refractivity contribution in [2.24, 2.45) is 5.92 Å². The molecule has 0 aromatic heterocycles. The first-order chi connectivity index (χ1) is 8.33. The maximum Gasteiger partial charge on any atom is 0.279 e. The van der Waals surface area contributed by atoms with Gasteiger partial charge in [-0.2, -0.15) is 17.4 Å². The number of piperazine rings is 1. The molecule has 0 aliphatic carbocycles. The molecule has 2 N–H and O–H groups in total. The van der Waals surface area contributed by atoms with Gasteiger partial charge in [0, 0.05) is 38.8 Å². The van der Waals surface area contributed by atoms with Gasteiger partial charge in [0.05, 0.1) is 0 Å². The molecule has 1 heterocycles. The van der Waals surface area contributed by atoms with Crippen LogP contribution in [0.3, 0.4) is 0 Å². The summed E-state index contributed by atoms with van der Waals surface area (Å²) in [5, 5.41) is 3.15. The number of hydrogen-bond donors (Lipinski definition) is 2. The van der Waals surface area contributed by atoms with Gasteiger partial charge < -0.3 is 10.2 Å². The van der Waals surface area contributed by atoms with Crippen LogP contribution in [0.1, 0.15) is 13.8 Å². The van der Waals surface area contributed by atoms with Gasteiger partial charge in [-0.3, -0.25) is 0 Å². The van der Waals surface area contributed by atoms with Crippen molar-refractivity contribution in [2.75, 3.05) is 46.8 Å². The zero-order valence-corrected chi connectivity index (χ0v) is 12.6. The topological polar surface area (TPSA) is 64.7 Å². The average molecular weight is 278 g/mol. The Kier molecular flexibility index (Phi) is 6.00. The van der Waals surface area contributed by atoms with E-state index in [1.54, 1.807) is 0 Å². The molecule has 1 unspecified atom stereocenters. The number of nitrogens with one attached hydrogen (secondary N) is 2. The van der Waals surface area contributed by atoms with Crippen LogP contribution in [-0.2, 0) is 10.2 Å². The summed E-state index contributed by atoms with van der Waals surface area (Å²) in [4.78, 5) is 2.00. The van der Waals surface area contributed by atoms with Gasteiger partial charge in [0.2, 0.25) is 0 Å². The Morgan fingerprint density at radius 2 is 1.83 bits per heavy atom. The second-order valence-corrected chi connectivity index (χ2v) is 7.09. The van der Waals surface area contributed by atoms with E-state index in [0.29, 0.717) is 19.6 Å². The van der Waals surface area contributed by atoms with Gasteiger partial charge in [0.25, 0.3) is 10.2 Å². The number of hydrogen-bond acceptors (Lipinski definition) is 4. The number of rotatable bonds is 6. The van der Waals surface area contributed by atoms with Crippen molar-refractivity contribution in [3.05, 3.63) is 0 Å². The highest BCUT2D eigenvalue weighted by Gasteiger charge is 2.27. The summed E-state index contributed by atoms with van der Waals surface area (Å²) >= 11 is 0. The summed E-state index contributed by atoms with van der Waals surface area (Å²) in [5.41, 5.74) is 0. The normalized spacial score (nSPS) is 20.6. The SMILES string of the molecule is CC(C)C(CN(C)C)NS(=O)(=O)N1CCNCC1. The van der Waals surface area contributed by atoms with Crippen molar-refractivity contribution >= 4 is 10.2 Å². The van der Waals surface area contributed by atoms with E-state index in [-0.39, 0.29) is 12.0 Å². The van der Waals surface area contributed by atoms with Crippen LogP contribution < -0.4 is 10.0 Å². The Balaban J connectivity index is 2.65. The zero-order valence-electron chi connectivity index (χ0n) is 11.8. The fourth-order valence-corrected chi connectivity index (χ4v) is 3.47. The van der Waals surface area contributed by atoms with Gasteiger partial charge in [-0.05, 0) is 20.0 Å². The van der Waals surface area contributed by atoms with E-state index in [0.717, 1.165) is 13.1 Å².